The molecule has 27 heavy (non-hydrogen) atoms. The van der Waals surface area contributed by atoms with Crippen LogP contribution in [0.4, 0.5) is 0 Å². The van der Waals surface area contributed by atoms with Crippen molar-refractivity contribution in [1.82, 2.24) is 9.62 Å². The van der Waals surface area contributed by atoms with Gasteiger partial charge in [0.15, 0.2) is 0 Å². The number of amides is 1. The van der Waals surface area contributed by atoms with Crippen LogP contribution in [0.15, 0.2) is 53.4 Å². The second-order valence-corrected chi connectivity index (χ2v) is 8.74. The van der Waals surface area contributed by atoms with Gasteiger partial charge in [0.1, 0.15) is 5.75 Å². The number of methoxy groups -OCH3 is 1. The second kappa shape index (κ2) is 8.29. The average molecular weight is 409 g/mol. The van der Waals surface area contributed by atoms with Crippen molar-refractivity contribution in [2.75, 3.05) is 13.7 Å². The quantitative estimate of drug-likeness (QED) is 0.728. The molecule has 1 aliphatic rings. The number of hydrogen-bond donors (Lipinski definition) is 1. The lowest BCUT2D eigenvalue weighted by Gasteiger charge is -2.22. The van der Waals surface area contributed by atoms with Crippen molar-refractivity contribution in [2.24, 2.45) is 0 Å². The fraction of sp³-hybridized carbons (Fsp3) is 0.316. The van der Waals surface area contributed by atoms with Crippen LogP contribution in [0, 0.1) is 0 Å². The van der Waals surface area contributed by atoms with Crippen LogP contribution in [0.3, 0.4) is 0 Å². The lowest BCUT2D eigenvalue weighted by Crippen LogP contribution is -2.41. The highest BCUT2D eigenvalue weighted by Crippen LogP contribution is 2.29. The molecule has 0 spiro atoms. The normalized spacial score (nSPS) is 14.2. The summed E-state index contributed by atoms with van der Waals surface area (Å²) in [6, 6.07) is 13.6. The Hall–Kier alpha value is -2.09. The number of sulfonamides is 1. The Morgan fingerprint density at radius 2 is 1.93 bits per heavy atom. The molecule has 0 saturated heterocycles. The highest BCUT2D eigenvalue weighted by molar-refractivity contribution is 7.89. The molecule has 3 rings (SSSR count). The second-order valence-electron chi connectivity index (χ2n) is 6.40. The van der Waals surface area contributed by atoms with Gasteiger partial charge in [-0.2, -0.15) is 4.31 Å². The Morgan fingerprint density at radius 3 is 2.52 bits per heavy atom. The van der Waals surface area contributed by atoms with E-state index in [-0.39, 0.29) is 35.0 Å². The van der Waals surface area contributed by atoms with Crippen molar-refractivity contribution in [3.05, 3.63) is 59.1 Å². The summed E-state index contributed by atoms with van der Waals surface area (Å²) < 4.78 is 32.6. The maximum absolute atomic E-state index is 13.2. The third-order valence-electron chi connectivity index (χ3n) is 4.23. The minimum atomic E-state index is -3.92. The molecule has 2 aromatic rings. The standard InChI is InChI=1S/C19H21ClN2O4S/c1-26-18-10-9-16(11-17(18)20)27(24,25)22(12-14-5-3-2-4-6-14)13-19(23)21-15-7-8-15/h2-6,9-11,15H,7-8,12-13H2,1H3,(H,21,23). The Morgan fingerprint density at radius 1 is 1.22 bits per heavy atom. The highest BCUT2D eigenvalue weighted by atomic mass is 35.5. The molecule has 0 aliphatic heterocycles. The zero-order valence-electron chi connectivity index (χ0n) is 14.9. The minimum absolute atomic E-state index is 0.0171. The predicted octanol–water partition coefficient (Wildman–Crippen LogP) is 2.82. The topological polar surface area (TPSA) is 75.7 Å². The zero-order chi connectivity index (χ0) is 19.4. The molecule has 0 radical (unpaired) electrons. The van der Waals surface area contributed by atoms with Gasteiger partial charge in [0, 0.05) is 12.6 Å². The van der Waals surface area contributed by atoms with Crippen LogP contribution in [-0.2, 0) is 21.4 Å². The third-order valence-corrected chi connectivity index (χ3v) is 6.31. The number of halogens is 1. The van der Waals surface area contributed by atoms with Gasteiger partial charge in [0.05, 0.1) is 23.6 Å². The summed E-state index contributed by atoms with van der Waals surface area (Å²) in [4.78, 5) is 12.3. The molecule has 1 saturated carbocycles. The van der Waals surface area contributed by atoms with Crippen molar-refractivity contribution < 1.29 is 17.9 Å². The molecule has 144 valence electrons. The molecule has 1 fully saturated rings. The zero-order valence-corrected chi connectivity index (χ0v) is 16.5. The van der Waals surface area contributed by atoms with Gasteiger partial charge in [0.25, 0.3) is 0 Å². The van der Waals surface area contributed by atoms with E-state index < -0.39 is 10.0 Å². The van der Waals surface area contributed by atoms with Gasteiger partial charge in [-0.05, 0) is 36.6 Å². The van der Waals surface area contributed by atoms with Crippen molar-refractivity contribution in [3.8, 4) is 5.75 Å². The highest BCUT2D eigenvalue weighted by Gasteiger charge is 2.30. The molecule has 0 unspecified atom stereocenters. The van der Waals surface area contributed by atoms with E-state index in [0.717, 1.165) is 22.7 Å². The molecule has 1 amide bonds. The lowest BCUT2D eigenvalue weighted by molar-refractivity contribution is -0.121. The third kappa shape index (κ3) is 5.00. The number of carbonyl (C=O) groups is 1. The van der Waals surface area contributed by atoms with E-state index in [4.69, 9.17) is 16.3 Å². The maximum atomic E-state index is 13.2. The average Bonchev–Trinajstić information content (AvgIpc) is 3.45. The SMILES string of the molecule is COc1ccc(S(=O)(=O)N(CC(=O)NC2CC2)Cc2ccccc2)cc1Cl. The number of rotatable bonds is 8. The fourth-order valence-corrected chi connectivity index (χ4v) is 4.36. The monoisotopic (exact) mass is 408 g/mol. The number of carbonyl (C=O) groups excluding carboxylic acids is 1. The molecule has 2 aromatic carbocycles. The largest absolute Gasteiger partial charge is 0.495 e. The number of nitrogens with one attached hydrogen (secondary N) is 1. The predicted molar refractivity (Wildman–Crippen MR) is 103 cm³/mol. The summed E-state index contributed by atoms with van der Waals surface area (Å²) in [6.45, 7) is -0.164. The van der Waals surface area contributed by atoms with Crippen LogP contribution < -0.4 is 10.1 Å². The molecule has 0 bridgehead atoms. The van der Waals surface area contributed by atoms with E-state index in [1.165, 1.54) is 25.3 Å². The Bertz CT molecular complexity index is 915. The first-order valence-electron chi connectivity index (χ1n) is 8.57. The number of ether oxygens (including phenoxy) is 1. The fourth-order valence-electron chi connectivity index (χ4n) is 2.63. The van der Waals surface area contributed by atoms with E-state index in [9.17, 15) is 13.2 Å². The van der Waals surface area contributed by atoms with Crippen LogP contribution in [0.5, 0.6) is 5.75 Å². The van der Waals surface area contributed by atoms with Crippen LogP contribution in [0.25, 0.3) is 0 Å². The van der Waals surface area contributed by atoms with Crippen LogP contribution in [-0.4, -0.2) is 38.3 Å². The van der Waals surface area contributed by atoms with Crippen LogP contribution in [0.1, 0.15) is 18.4 Å². The molecule has 1 N–H and O–H groups in total. The van der Waals surface area contributed by atoms with Crippen molar-refractivity contribution in [1.29, 1.82) is 0 Å². The molecule has 0 aromatic heterocycles. The molecule has 6 nitrogen and oxygen atoms in total. The van der Waals surface area contributed by atoms with Gasteiger partial charge in [0.2, 0.25) is 15.9 Å². The molecular weight excluding hydrogens is 388 g/mol. The lowest BCUT2D eigenvalue weighted by atomic mass is 10.2. The van der Waals surface area contributed by atoms with E-state index in [2.05, 4.69) is 5.32 Å². The number of benzene rings is 2. The van der Waals surface area contributed by atoms with E-state index in [1.807, 2.05) is 30.3 Å². The number of nitrogens with zero attached hydrogens (tertiary/aromatic N) is 1. The summed E-state index contributed by atoms with van der Waals surface area (Å²) in [5, 5.41) is 3.03. The Balaban J connectivity index is 1.89. The van der Waals surface area contributed by atoms with Crippen molar-refractivity contribution in [2.45, 2.75) is 30.3 Å². The van der Waals surface area contributed by atoms with Gasteiger partial charge >= 0.3 is 0 Å². The molecular formula is C19H21ClN2O4S. The first-order valence-corrected chi connectivity index (χ1v) is 10.4. The minimum Gasteiger partial charge on any atom is -0.495 e. The summed E-state index contributed by atoms with van der Waals surface area (Å²) in [5.41, 5.74) is 0.792. The summed E-state index contributed by atoms with van der Waals surface area (Å²) in [5.74, 6) is 0.0771. The van der Waals surface area contributed by atoms with Crippen LogP contribution >= 0.6 is 11.6 Å². The Kier molecular flexibility index (Phi) is 6.04. The van der Waals surface area contributed by atoms with E-state index >= 15 is 0 Å². The molecule has 0 atom stereocenters. The van der Waals surface area contributed by atoms with Gasteiger partial charge in [-0.1, -0.05) is 41.9 Å². The Labute approximate surface area is 164 Å². The van der Waals surface area contributed by atoms with Crippen LogP contribution in [0.2, 0.25) is 5.02 Å². The molecule has 8 heteroatoms. The van der Waals surface area contributed by atoms with E-state index in [1.54, 1.807) is 0 Å². The van der Waals surface area contributed by atoms with Gasteiger partial charge in [-0.25, -0.2) is 8.42 Å². The first-order chi connectivity index (χ1) is 12.9. The smallest absolute Gasteiger partial charge is 0.243 e. The van der Waals surface area contributed by atoms with Crippen molar-refractivity contribution in [3.63, 3.8) is 0 Å². The molecule has 0 heterocycles. The summed E-state index contributed by atoms with van der Waals surface area (Å²) in [6.07, 6.45) is 1.87. The van der Waals surface area contributed by atoms with Gasteiger partial charge in [-0.15, -0.1) is 0 Å². The van der Waals surface area contributed by atoms with E-state index in [0.29, 0.717) is 5.75 Å². The van der Waals surface area contributed by atoms with Gasteiger partial charge in [-0.3, -0.25) is 4.79 Å². The maximum Gasteiger partial charge on any atom is 0.243 e. The summed E-state index contributed by atoms with van der Waals surface area (Å²) >= 11 is 6.10. The molecule has 1 aliphatic carbocycles. The van der Waals surface area contributed by atoms with Gasteiger partial charge < -0.3 is 10.1 Å². The first kappa shape index (κ1) is 19.7. The number of hydrogen-bond acceptors (Lipinski definition) is 4. The van der Waals surface area contributed by atoms with Crippen molar-refractivity contribution >= 4 is 27.5 Å². The summed E-state index contributed by atoms with van der Waals surface area (Å²) in [7, 11) is -2.47.